The van der Waals surface area contributed by atoms with E-state index < -0.39 is 15.1 Å². The molecule has 4 rings (SSSR count). The Labute approximate surface area is 183 Å². The molecule has 1 saturated heterocycles. The van der Waals surface area contributed by atoms with E-state index in [1.54, 1.807) is 18.2 Å². The van der Waals surface area contributed by atoms with Crippen LogP contribution < -0.4 is 4.90 Å². The van der Waals surface area contributed by atoms with E-state index in [9.17, 15) is 13.7 Å². The zero-order valence-corrected chi connectivity index (χ0v) is 18.0. The number of nitrogens with zero attached hydrogens (tertiary/aromatic N) is 4. The summed E-state index contributed by atoms with van der Waals surface area (Å²) in [5, 5.41) is 8.50. The second kappa shape index (κ2) is 8.36. The van der Waals surface area contributed by atoms with Crippen LogP contribution in [0.4, 0.5) is 5.82 Å². The summed E-state index contributed by atoms with van der Waals surface area (Å²) in [5.41, 5.74) is 1.17. The van der Waals surface area contributed by atoms with Crippen LogP contribution >= 0.6 is 23.2 Å². The summed E-state index contributed by atoms with van der Waals surface area (Å²) in [6, 6.07) is 13.1. The molecule has 10 heteroatoms. The van der Waals surface area contributed by atoms with Crippen molar-refractivity contribution in [1.29, 1.82) is 5.26 Å². The summed E-state index contributed by atoms with van der Waals surface area (Å²) in [4.78, 5) is 10.9. The molecule has 2 heterocycles. The monoisotopic (exact) mass is 462 g/mol. The van der Waals surface area contributed by atoms with Gasteiger partial charge in [-0.15, -0.1) is 0 Å². The van der Waals surface area contributed by atoms with Gasteiger partial charge in [-0.05, 0) is 30.3 Å². The van der Waals surface area contributed by atoms with Crippen LogP contribution in [0.1, 0.15) is 10.9 Å². The molecule has 0 unspecified atom stereocenters. The van der Waals surface area contributed by atoms with Gasteiger partial charge in [-0.2, -0.15) is 5.26 Å². The third-order valence-corrected chi connectivity index (χ3v) is 7.34. The fourth-order valence-corrected chi connectivity index (χ4v) is 5.44. The summed E-state index contributed by atoms with van der Waals surface area (Å²) in [6.07, 6.45) is 0. The molecule has 0 bridgehead atoms. The van der Waals surface area contributed by atoms with Crippen LogP contribution in [0.25, 0.3) is 11.0 Å². The van der Waals surface area contributed by atoms with Crippen LogP contribution in [-0.2, 0) is 14.6 Å². The van der Waals surface area contributed by atoms with Crippen molar-refractivity contribution in [2.45, 2.75) is 10.1 Å². The maximum absolute atomic E-state index is 13.4. The van der Waals surface area contributed by atoms with E-state index in [0.717, 1.165) is 0 Å². The molecular formula is C20H16Cl2N4O3S. The molecular weight excluding hydrogens is 447 g/mol. The van der Waals surface area contributed by atoms with Gasteiger partial charge in [0.05, 0.1) is 40.2 Å². The quantitative estimate of drug-likeness (QED) is 0.581. The molecule has 154 valence electrons. The van der Waals surface area contributed by atoms with E-state index in [1.165, 1.54) is 18.2 Å². The third-order valence-electron chi connectivity index (χ3n) is 4.76. The average Bonchev–Trinajstić information content (AvgIpc) is 2.76. The highest BCUT2D eigenvalue weighted by molar-refractivity contribution is 7.92. The number of hydrogen-bond donors (Lipinski definition) is 0. The van der Waals surface area contributed by atoms with E-state index in [4.69, 9.17) is 27.9 Å². The van der Waals surface area contributed by atoms with Gasteiger partial charge in [-0.1, -0.05) is 35.3 Å². The second-order valence-electron chi connectivity index (χ2n) is 6.65. The van der Waals surface area contributed by atoms with Crippen molar-refractivity contribution in [3.8, 4) is 6.07 Å². The van der Waals surface area contributed by atoms with Gasteiger partial charge in [0.1, 0.15) is 5.69 Å². The third kappa shape index (κ3) is 3.82. The zero-order valence-electron chi connectivity index (χ0n) is 15.6. The molecule has 0 saturated carbocycles. The molecule has 0 aliphatic carbocycles. The van der Waals surface area contributed by atoms with Crippen molar-refractivity contribution in [3.05, 3.63) is 58.2 Å². The Morgan fingerprint density at radius 1 is 1.07 bits per heavy atom. The van der Waals surface area contributed by atoms with Crippen LogP contribution in [0, 0.1) is 11.3 Å². The molecule has 1 aliphatic rings. The number of hydrogen-bond acceptors (Lipinski definition) is 7. The highest BCUT2D eigenvalue weighted by atomic mass is 35.5. The smallest absolute Gasteiger partial charge is 0.202 e. The lowest BCUT2D eigenvalue weighted by Crippen LogP contribution is -2.38. The number of sulfone groups is 1. The lowest BCUT2D eigenvalue weighted by Gasteiger charge is -2.30. The normalized spacial score (nSPS) is 15.7. The fraction of sp³-hybridized carbons (Fsp3) is 0.250. The maximum atomic E-state index is 13.4. The van der Waals surface area contributed by atoms with Gasteiger partial charge in [0.25, 0.3) is 0 Å². The van der Waals surface area contributed by atoms with Crippen molar-refractivity contribution in [2.75, 3.05) is 31.2 Å². The van der Waals surface area contributed by atoms with Crippen molar-refractivity contribution in [1.82, 2.24) is 9.97 Å². The number of aromatic nitrogens is 2. The standard InChI is InChI=1S/C20H16Cl2N4O3S/c21-13-5-6-14(22)17(11-13)30(27,28)18(12-23)19-20(26-7-9-29-10-8-26)25-16-4-2-1-3-15(16)24-19/h1-6,11,18H,7-10H2/t18-/m1/s1. The number of nitriles is 1. The molecule has 0 spiro atoms. The topological polar surface area (TPSA) is 96.2 Å². The molecule has 0 amide bonds. The van der Waals surface area contributed by atoms with E-state index in [2.05, 4.69) is 9.97 Å². The first kappa shape index (κ1) is 20.8. The van der Waals surface area contributed by atoms with Gasteiger partial charge in [0.2, 0.25) is 9.84 Å². The first-order valence-corrected chi connectivity index (χ1v) is 11.4. The molecule has 0 N–H and O–H groups in total. The van der Waals surface area contributed by atoms with Crippen molar-refractivity contribution in [3.63, 3.8) is 0 Å². The van der Waals surface area contributed by atoms with Gasteiger partial charge in [-0.3, -0.25) is 0 Å². The predicted octanol–water partition coefficient (Wildman–Crippen LogP) is 3.81. The molecule has 1 fully saturated rings. The second-order valence-corrected chi connectivity index (χ2v) is 9.49. The SMILES string of the molecule is N#C[C@H](c1nc2ccccc2nc1N1CCOCC1)S(=O)(=O)c1cc(Cl)ccc1Cl. The first-order valence-electron chi connectivity index (χ1n) is 9.10. The van der Waals surface area contributed by atoms with Crippen molar-refractivity contribution >= 4 is 49.9 Å². The Balaban J connectivity index is 1.93. The number of ether oxygens (including phenoxy) is 1. The average molecular weight is 463 g/mol. The molecule has 1 aromatic heterocycles. The van der Waals surface area contributed by atoms with E-state index in [0.29, 0.717) is 43.2 Å². The Morgan fingerprint density at radius 3 is 2.40 bits per heavy atom. The Hall–Kier alpha value is -2.44. The fourth-order valence-electron chi connectivity index (χ4n) is 3.29. The maximum Gasteiger partial charge on any atom is 0.202 e. The Morgan fingerprint density at radius 2 is 1.73 bits per heavy atom. The van der Waals surface area contributed by atoms with E-state index in [1.807, 2.05) is 17.0 Å². The molecule has 7 nitrogen and oxygen atoms in total. The van der Waals surface area contributed by atoms with Crippen molar-refractivity contribution < 1.29 is 13.2 Å². The van der Waals surface area contributed by atoms with Gasteiger partial charge in [-0.25, -0.2) is 18.4 Å². The minimum absolute atomic E-state index is 0.0127. The summed E-state index contributed by atoms with van der Waals surface area (Å²) in [5.74, 6) is 0.352. The zero-order chi connectivity index (χ0) is 21.3. The first-order chi connectivity index (χ1) is 14.4. The van der Waals surface area contributed by atoms with Gasteiger partial charge >= 0.3 is 0 Å². The van der Waals surface area contributed by atoms with Crippen LogP contribution in [0.5, 0.6) is 0 Å². The molecule has 1 aliphatic heterocycles. The lowest BCUT2D eigenvalue weighted by molar-refractivity contribution is 0.122. The van der Waals surface area contributed by atoms with E-state index in [-0.39, 0.29) is 20.6 Å². The minimum Gasteiger partial charge on any atom is -0.378 e. The van der Waals surface area contributed by atoms with Crippen LogP contribution in [0.15, 0.2) is 47.4 Å². The molecule has 3 aromatic rings. The largest absolute Gasteiger partial charge is 0.378 e. The number of fused-ring (bicyclic) bond motifs is 1. The summed E-state index contributed by atoms with van der Waals surface area (Å²) < 4.78 is 32.3. The molecule has 30 heavy (non-hydrogen) atoms. The van der Waals surface area contributed by atoms with Crippen LogP contribution in [0.2, 0.25) is 10.0 Å². The number of halogens is 2. The number of benzene rings is 2. The molecule has 2 aromatic carbocycles. The number of anilines is 1. The summed E-state index contributed by atoms with van der Waals surface area (Å²) in [6.45, 7) is 1.96. The number of morpholine rings is 1. The number of para-hydroxylation sites is 2. The Kier molecular flexibility index (Phi) is 5.80. The summed E-state index contributed by atoms with van der Waals surface area (Å²) in [7, 11) is -4.23. The van der Waals surface area contributed by atoms with E-state index >= 15 is 0 Å². The predicted molar refractivity (Wildman–Crippen MR) is 115 cm³/mol. The Bertz CT molecular complexity index is 1250. The minimum atomic E-state index is -4.23. The molecule has 0 radical (unpaired) electrons. The number of rotatable bonds is 4. The highest BCUT2D eigenvalue weighted by Gasteiger charge is 2.36. The highest BCUT2D eigenvalue weighted by Crippen LogP contribution is 2.37. The van der Waals surface area contributed by atoms with Crippen molar-refractivity contribution in [2.24, 2.45) is 0 Å². The van der Waals surface area contributed by atoms with Gasteiger partial charge < -0.3 is 9.64 Å². The van der Waals surface area contributed by atoms with Gasteiger partial charge in [0.15, 0.2) is 11.1 Å². The molecule has 1 atom stereocenters. The summed E-state index contributed by atoms with van der Waals surface area (Å²) >= 11 is 12.1. The van der Waals surface area contributed by atoms with Crippen LogP contribution in [-0.4, -0.2) is 44.7 Å². The lowest BCUT2D eigenvalue weighted by atomic mass is 10.2. The van der Waals surface area contributed by atoms with Gasteiger partial charge in [0, 0.05) is 18.1 Å². The van der Waals surface area contributed by atoms with Crippen LogP contribution in [0.3, 0.4) is 0 Å².